The first-order valence-electron chi connectivity index (χ1n) is 11.5. The summed E-state index contributed by atoms with van der Waals surface area (Å²) >= 11 is 3.33. The summed E-state index contributed by atoms with van der Waals surface area (Å²) in [6, 6.07) is 11.0. The van der Waals surface area contributed by atoms with Gasteiger partial charge in [-0.15, -0.1) is 0 Å². The number of benzene rings is 2. The van der Waals surface area contributed by atoms with Crippen molar-refractivity contribution < 1.29 is 24.5 Å². The molecule has 0 radical (unpaired) electrons. The lowest BCUT2D eigenvalue weighted by atomic mass is 9.95. The van der Waals surface area contributed by atoms with Gasteiger partial charge in [0.25, 0.3) is 11.7 Å². The molecule has 0 unspecified atom stereocenters. The number of aliphatic hydroxyl groups is 1. The first-order chi connectivity index (χ1) is 16.3. The van der Waals surface area contributed by atoms with Crippen LogP contribution in [0.25, 0.3) is 5.76 Å². The van der Waals surface area contributed by atoms with Gasteiger partial charge in [0.1, 0.15) is 17.3 Å². The molecule has 1 saturated heterocycles. The van der Waals surface area contributed by atoms with Crippen molar-refractivity contribution in [1.29, 1.82) is 0 Å². The van der Waals surface area contributed by atoms with Gasteiger partial charge in [-0.25, -0.2) is 0 Å². The van der Waals surface area contributed by atoms with Gasteiger partial charge in [0.2, 0.25) is 0 Å². The van der Waals surface area contributed by atoms with Crippen LogP contribution in [0.15, 0.2) is 52.5 Å². The molecule has 2 aromatic carbocycles. The largest absolute Gasteiger partial charge is 0.507 e. The van der Waals surface area contributed by atoms with E-state index in [2.05, 4.69) is 34.7 Å². The molecule has 0 aliphatic carbocycles. The molecule has 8 heteroatoms. The Balaban J connectivity index is 2.09. The fraction of sp³-hybridized carbons (Fsp3) is 0.385. The first kappa shape index (κ1) is 25.8. The number of hydrogen-bond donors (Lipinski definition) is 2. The summed E-state index contributed by atoms with van der Waals surface area (Å²) < 4.78 is 6.25. The summed E-state index contributed by atoms with van der Waals surface area (Å²) in [5.41, 5.74) is 0.695. The average Bonchev–Trinajstić information content (AvgIpc) is 3.08. The van der Waals surface area contributed by atoms with Crippen LogP contribution in [0.3, 0.4) is 0 Å². The summed E-state index contributed by atoms with van der Waals surface area (Å²) in [6.07, 6.45) is 0.679. The van der Waals surface area contributed by atoms with Crippen LogP contribution in [0.5, 0.6) is 11.5 Å². The summed E-state index contributed by atoms with van der Waals surface area (Å²) in [4.78, 5) is 30.1. The van der Waals surface area contributed by atoms with Crippen molar-refractivity contribution in [2.24, 2.45) is 0 Å². The molecule has 0 aromatic heterocycles. The zero-order valence-electron chi connectivity index (χ0n) is 19.8. The lowest BCUT2D eigenvalue weighted by Gasteiger charge is -2.27. The number of phenolic OH excluding ortho intramolecular Hbond substituents is 1. The molecule has 0 bridgehead atoms. The third kappa shape index (κ3) is 5.45. The molecule has 1 fully saturated rings. The molecule has 2 aromatic rings. The Labute approximate surface area is 208 Å². The molecule has 1 aliphatic heterocycles. The molecule has 7 nitrogen and oxygen atoms in total. The monoisotopic (exact) mass is 530 g/mol. The summed E-state index contributed by atoms with van der Waals surface area (Å²) in [6.45, 7) is 9.45. The highest BCUT2D eigenvalue weighted by atomic mass is 79.9. The number of aliphatic hydroxyl groups excluding tert-OH is 1. The molecule has 3 rings (SSSR count). The van der Waals surface area contributed by atoms with Gasteiger partial charge in [0, 0.05) is 11.0 Å². The van der Waals surface area contributed by atoms with Crippen LogP contribution in [0.4, 0.5) is 0 Å². The number of aromatic hydroxyl groups is 1. The second-order valence-electron chi connectivity index (χ2n) is 8.04. The predicted molar refractivity (Wildman–Crippen MR) is 135 cm³/mol. The SMILES string of the molecule is CCOc1cccc([C@@H]2C(=C(O)c3cc(Br)ccc3O)C(=O)C(=O)N2CCCN(CC)CC)c1. The molecule has 182 valence electrons. The second-order valence-corrected chi connectivity index (χ2v) is 8.96. The summed E-state index contributed by atoms with van der Waals surface area (Å²) in [5, 5.41) is 21.5. The number of carbonyl (C=O) groups is 2. The Morgan fingerprint density at radius 2 is 1.85 bits per heavy atom. The van der Waals surface area contributed by atoms with E-state index in [0.29, 0.717) is 35.4 Å². The van der Waals surface area contributed by atoms with E-state index in [-0.39, 0.29) is 16.9 Å². The number of carbonyl (C=O) groups excluding carboxylic acids is 2. The molecular weight excluding hydrogens is 500 g/mol. The van der Waals surface area contributed by atoms with E-state index >= 15 is 0 Å². The quantitative estimate of drug-likeness (QED) is 0.262. The number of halogens is 1. The van der Waals surface area contributed by atoms with E-state index in [1.165, 1.54) is 17.0 Å². The smallest absolute Gasteiger partial charge is 0.295 e. The van der Waals surface area contributed by atoms with Gasteiger partial charge in [0.15, 0.2) is 0 Å². The number of ether oxygens (including phenoxy) is 1. The highest BCUT2D eigenvalue weighted by Gasteiger charge is 2.46. The maximum absolute atomic E-state index is 13.2. The van der Waals surface area contributed by atoms with Crippen molar-refractivity contribution >= 4 is 33.4 Å². The maximum Gasteiger partial charge on any atom is 0.295 e. The minimum atomic E-state index is -0.796. The van der Waals surface area contributed by atoms with Crippen LogP contribution < -0.4 is 4.74 Å². The third-order valence-corrected chi connectivity index (χ3v) is 6.50. The van der Waals surface area contributed by atoms with Crippen LogP contribution in [0, 0.1) is 0 Å². The third-order valence-electron chi connectivity index (χ3n) is 6.01. The van der Waals surface area contributed by atoms with Crippen molar-refractivity contribution in [2.45, 2.75) is 33.2 Å². The standard InChI is InChI=1S/C26H31BrN2O5/c1-4-28(5-2)13-8-14-29-23(17-9-7-10-19(15-17)34-6-3)22(25(32)26(29)33)24(31)20-16-18(27)11-12-21(20)30/h7,9-12,15-16,23,30-31H,4-6,8,13-14H2,1-3H3/t23-/m1/s1. The zero-order valence-corrected chi connectivity index (χ0v) is 21.3. The molecular formula is C26H31BrN2O5. The number of phenols is 1. The Kier molecular flexibility index (Phi) is 8.74. The van der Waals surface area contributed by atoms with Crippen LogP contribution in [0.2, 0.25) is 0 Å². The Bertz CT molecular complexity index is 1080. The van der Waals surface area contributed by atoms with Gasteiger partial charge in [-0.1, -0.05) is 41.9 Å². The molecule has 1 atom stereocenters. The number of likely N-dealkylation sites (tertiary alicyclic amines) is 1. The normalized spacial score (nSPS) is 17.6. The van der Waals surface area contributed by atoms with Crippen LogP contribution >= 0.6 is 15.9 Å². The van der Waals surface area contributed by atoms with E-state index in [0.717, 1.165) is 19.6 Å². The molecule has 0 spiro atoms. The molecule has 1 amide bonds. The fourth-order valence-corrected chi connectivity index (χ4v) is 4.61. The Morgan fingerprint density at radius 1 is 1.12 bits per heavy atom. The zero-order chi connectivity index (χ0) is 24.8. The van der Waals surface area contributed by atoms with Gasteiger partial charge >= 0.3 is 0 Å². The topological polar surface area (TPSA) is 90.3 Å². The average molecular weight is 531 g/mol. The highest BCUT2D eigenvalue weighted by Crippen LogP contribution is 2.42. The van der Waals surface area contributed by atoms with Crippen LogP contribution in [-0.4, -0.2) is 64.5 Å². The lowest BCUT2D eigenvalue weighted by Crippen LogP contribution is -2.33. The molecule has 34 heavy (non-hydrogen) atoms. The van der Waals surface area contributed by atoms with E-state index in [4.69, 9.17) is 4.74 Å². The Morgan fingerprint density at radius 3 is 2.53 bits per heavy atom. The summed E-state index contributed by atoms with van der Waals surface area (Å²) in [5.74, 6) is -1.42. The number of amides is 1. The molecule has 2 N–H and O–H groups in total. The van der Waals surface area contributed by atoms with E-state index in [9.17, 15) is 19.8 Å². The van der Waals surface area contributed by atoms with Crippen molar-refractivity contribution in [2.75, 3.05) is 32.8 Å². The fourth-order valence-electron chi connectivity index (χ4n) is 4.25. The van der Waals surface area contributed by atoms with Gasteiger partial charge < -0.3 is 24.7 Å². The number of hydrogen-bond acceptors (Lipinski definition) is 6. The maximum atomic E-state index is 13.2. The van der Waals surface area contributed by atoms with Gasteiger partial charge in [-0.2, -0.15) is 0 Å². The minimum absolute atomic E-state index is 0.0464. The van der Waals surface area contributed by atoms with Crippen molar-refractivity contribution in [3.05, 3.63) is 63.6 Å². The number of rotatable bonds is 10. The van der Waals surface area contributed by atoms with Crippen molar-refractivity contribution in [3.8, 4) is 11.5 Å². The van der Waals surface area contributed by atoms with Gasteiger partial charge in [-0.05, 0) is 68.9 Å². The van der Waals surface area contributed by atoms with Crippen LogP contribution in [-0.2, 0) is 9.59 Å². The lowest BCUT2D eigenvalue weighted by molar-refractivity contribution is -0.140. The predicted octanol–water partition coefficient (Wildman–Crippen LogP) is 4.71. The number of Topliss-reactive ketones (excluding diaryl/α,β-unsaturated/α-hetero) is 1. The minimum Gasteiger partial charge on any atom is -0.507 e. The molecule has 1 heterocycles. The van der Waals surface area contributed by atoms with E-state index in [1.54, 1.807) is 24.3 Å². The van der Waals surface area contributed by atoms with Crippen molar-refractivity contribution in [1.82, 2.24) is 9.80 Å². The summed E-state index contributed by atoms with van der Waals surface area (Å²) in [7, 11) is 0. The molecule has 1 aliphatic rings. The van der Waals surface area contributed by atoms with E-state index < -0.39 is 23.5 Å². The van der Waals surface area contributed by atoms with E-state index in [1.807, 2.05) is 13.0 Å². The first-order valence-corrected chi connectivity index (χ1v) is 12.3. The number of ketones is 1. The van der Waals surface area contributed by atoms with Gasteiger partial charge in [-0.3, -0.25) is 9.59 Å². The second kappa shape index (κ2) is 11.5. The van der Waals surface area contributed by atoms with Crippen molar-refractivity contribution in [3.63, 3.8) is 0 Å². The van der Waals surface area contributed by atoms with Crippen LogP contribution in [0.1, 0.15) is 44.4 Å². The highest BCUT2D eigenvalue weighted by molar-refractivity contribution is 9.10. The van der Waals surface area contributed by atoms with Gasteiger partial charge in [0.05, 0.1) is 23.8 Å². The molecule has 0 saturated carbocycles. The Hall–Kier alpha value is -2.84. The number of nitrogens with zero attached hydrogens (tertiary/aromatic N) is 2.